The molecule has 1 saturated heterocycles. The Morgan fingerprint density at radius 3 is 2.50 bits per heavy atom. The fourth-order valence-corrected chi connectivity index (χ4v) is 3.07. The van der Waals surface area contributed by atoms with Gasteiger partial charge in [0.2, 0.25) is 0 Å². The summed E-state index contributed by atoms with van der Waals surface area (Å²) in [5.41, 5.74) is 2.30. The number of barbiturate groups is 1. The molecule has 0 bridgehead atoms. The molecule has 0 spiro atoms. The average molecular weight is 355 g/mol. The van der Waals surface area contributed by atoms with Gasteiger partial charge in [-0.3, -0.25) is 19.8 Å². The van der Waals surface area contributed by atoms with E-state index in [4.69, 9.17) is 0 Å². The molecule has 1 aliphatic heterocycles. The lowest BCUT2D eigenvalue weighted by atomic mass is 10.1. The van der Waals surface area contributed by atoms with E-state index in [-0.39, 0.29) is 17.9 Å². The van der Waals surface area contributed by atoms with Gasteiger partial charge in [0, 0.05) is 17.9 Å². The van der Waals surface area contributed by atoms with Crippen molar-refractivity contribution in [1.82, 2.24) is 14.8 Å². The van der Waals surface area contributed by atoms with E-state index in [1.807, 2.05) is 6.92 Å². The SMILES string of the molecule is CCN1C(=O)NC(=O)/C(=C\c2cc(C)n(-c3ccccc3F)c2C)C1=O. The molecule has 134 valence electrons. The van der Waals surface area contributed by atoms with E-state index in [1.54, 1.807) is 42.7 Å². The molecule has 7 heteroatoms. The second-order valence-electron chi connectivity index (χ2n) is 5.98. The van der Waals surface area contributed by atoms with Crippen molar-refractivity contribution in [3.05, 3.63) is 58.7 Å². The van der Waals surface area contributed by atoms with E-state index in [0.29, 0.717) is 16.9 Å². The highest BCUT2D eigenvalue weighted by molar-refractivity contribution is 6.31. The highest BCUT2D eigenvalue weighted by Gasteiger charge is 2.34. The van der Waals surface area contributed by atoms with Gasteiger partial charge in [-0.25, -0.2) is 9.18 Å². The number of rotatable bonds is 3. The van der Waals surface area contributed by atoms with Gasteiger partial charge in [0.05, 0.1) is 5.69 Å². The van der Waals surface area contributed by atoms with E-state index in [0.717, 1.165) is 10.6 Å². The maximum absolute atomic E-state index is 14.2. The first-order valence-corrected chi connectivity index (χ1v) is 8.17. The zero-order valence-electron chi connectivity index (χ0n) is 14.7. The Morgan fingerprint density at radius 1 is 1.15 bits per heavy atom. The molecule has 0 radical (unpaired) electrons. The van der Waals surface area contributed by atoms with E-state index in [9.17, 15) is 18.8 Å². The molecule has 0 atom stereocenters. The summed E-state index contributed by atoms with van der Waals surface area (Å²) in [5, 5.41) is 2.15. The predicted octanol–water partition coefficient (Wildman–Crippen LogP) is 2.71. The van der Waals surface area contributed by atoms with Crippen molar-refractivity contribution in [2.24, 2.45) is 0 Å². The lowest BCUT2D eigenvalue weighted by Crippen LogP contribution is -2.53. The van der Waals surface area contributed by atoms with Crippen LogP contribution in [0.25, 0.3) is 11.8 Å². The number of hydrogen-bond acceptors (Lipinski definition) is 3. The number of urea groups is 1. The maximum atomic E-state index is 14.2. The van der Waals surface area contributed by atoms with Crippen molar-refractivity contribution < 1.29 is 18.8 Å². The maximum Gasteiger partial charge on any atom is 0.331 e. The van der Waals surface area contributed by atoms with Crippen LogP contribution in [0.5, 0.6) is 0 Å². The van der Waals surface area contributed by atoms with Crippen LogP contribution in [0.2, 0.25) is 0 Å². The van der Waals surface area contributed by atoms with Crippen LogP contribution in [0.15, 0.2) is 35.9 Å². The number of carbonyl (C=O) groups excluding carboxylic acids is 3. The Bertz CT molecular complexity index is 959. The topological polar surface area (TPSA) is 71.4 Å². The number of benzene rings is 1. The number of aryl methyl sites for hydroxylation is 1. The van der Waals surface area contributed by atoms with Crippen LogP contribution in [0.3, 0.4) is 0 Å². The molecular formula is C19H18FN3O3. The molecule has 1 aromatic heterocycles. The number of amides is 4. The zero-order chi connectivity index (χ0) is 19.0. The number of imide groups is 2. The van der Waals surface area contributed by atoms with Gasteiger partial charge in [0.15, 0.2) is 0 Å². The molecule has 2 aromatic rings. The minimum Gasteiger partial charge on any atom is -0.315 e. The number of nitrogens with one attached hydrogen (secondary N) is 1. The van der Waals surface area contributed by atoms with Crippen LogP contribution in [0.4, 0.5) is 9.18 Å². The number of likely N-dealkylation sites (N-methyl/N-ethyl adjacent to an activating group) is 1. The largest absolute Gasteiger partial charge is 0.331 e. The first-order valence-electron chi connectivity index (χ1n) is 8.17. The molecule has 0 unspecified atom stereocenters. The summed E-state index contributed by atoms with van der Waals surface area (Å²) in [6, 6.07) is 7.41. The average Bonchev–Trinajstić information content (AvgIpc) is 2.86. The van der Waals surface area contributed by atoms with Crippen LogP contribution in [0.1, 0.15) is 23.9 Å². The fourth-order valence-electron chi connectivity index (χ4n) is 3.07. The first-order chi connectivity index (χ1) is 12.3. The van der Waals surface area contributed by atoms with E-state index in [1.165, 1.54) is 12.1 Å². The smallest absolute Gasteiger partial charge is 0.315 e. The Hall–Kier alpha value is -3.22. The minimum atomic E-state index is -0.736. The van der Waals surface area contributed by atoms with Gasteiger partial charge in [0.25, 0.3) is 11.8 Å². The number of para-hydroxylation sites is 1. The molecule has 26 heavy (non-hydrogen) atoms. The van der Waals surface area contributed by atoms with Gasteiger partial charge < -0.3 is 4.57 Å². The molecule has 1 aromatic carbocycles. The molecule has 6 nitrogen and oxygen atoms in total. The van der Waals surface area contributed by atoms with Crippen molar-refractivity contribution in [3.63, 3.8) is 0 Å². The number of halogens is 1. The standard InChI is InChI=1S/C19H18FN3O3/c1-4-22-18(25)14(17(24)21-19(22)26)10-13-9-11(2)23(12(13)3)16-8-6-5-7-15(16)20/h5-10H,4H2,1-3H3,(H,21,24,26)/b14-10+. The Balaban J connectivity index is 2.09. The number of carbonyl (C=O) groups is 3. The molecule has 1 N–H and O–H groups in total. The van der Waals surface area contributed by atoms with E-state index in [2.05, 4.69) is 5.32 Å². The normalized spacial score (nSPS) is 16.4. The summed E-state index contributed by atoms with van der Waals surface area (Å²) in [6.07, 6.45) is 1.44. The number of nitrogens with zero attached hydrogens (tertiary/aromatic N) is 2. The quantitative estimate of drug-likeness (QED) is 0.680. The van der Waals surface area contributed by atoms with Crippen LogP contribution in [-0.4, -0.2) is 33.9 Å². The molecule has 1 aliphatic rings. The van der Waals surface area contributed by atoms with Gasteiger partial charge in [-0.15, -0.1) is 0 Å². The minimum absolute atomic E-state index is 0.125. The molecule has 1 fully saturated rings. The number of hydrogen-bond donors (Lipinski definition) is 1. The Morgan fingerprint density at radius 2 is 1.85 bits per heavy atom. The first kappa shape index (κ1) is 17.6. The third kappa shape index (κ3) is 2.81. The van der Waals surface area contributed by atoms with Gasteiger partial charge in [-0.1, -0.05) is 12.1 Å². The molecule has 0 aliphatic carbocycles. The van der Waals surface area contributed by atoms with Gasteiger partial charge in [-0.05, 0) is 50.6 Å². The molecular weight excluding hydrogens is 337 g/mol. The second-order valence-corrected chi connectivity index (χ2v) is 5.98. The summed E-state index contributed by atoms with van der Waals surface area (Å²) in [7, 11) is 0. The van der Waals surface area contributed by atoms with Crippen molar-refractivity contribution >= 4 is 23.9 Å². The number of aromatic nitrogens is 1. The monoisotopic (exact) mass is 355 g/mol. The lowest BCUT2D eigenvalue weighted by Gasteiger charge is -2.24. The van der Waals surface area contributed by atoms with Crippen LogP contribution >= 0.6 is 0 Å². The van der Waals surface area contributed by atoms with E-state index >= 15 is 0 Å². The van der Waals surface area contributed by atoms with Crippen molar-refractivity contribution in [3.8, 4) is 5.69 Å². The Labute approximate surface area is 149 Å². The molecule has 3 rings (SSSR count). The zero-order valence-corrected chi connectivity index (χ0v) is 14.7. The van der Waals surface area contributed by atoms with Gasteiger partial charge in [-0.2, -0.15) is 0 Å². The summed E-state index contributed by atoms with van der Waals surface area (Å²) in [6.45, 7) is 5.39. The Kier molecular flexibility index (Phi) is 4.46. The molecule has 4 amide bonds. The van der Waals surface area contributed by atoms with Crippen LogP contribution in [0, 0.1) is 19.7 Å². The summed E-state index contributed by atoms with van der Waals surface area (Å²) in [4.78, 5) is 37.2. The highest BCUT2D eigenvalue weighted by atomic mass is 19.1. The van der Waals surface area contributed by atoms with Crippen molar-refractivity contribution in [1.29, 1.82) is 0 Å². The van der Waals surface area contributed by atoms with Crippen LogP contribution < -0.4 is 5.32 Å². The van der Waals surface area contributed by atoms with Gasteiger partial charge >= 0.3 is 6.03 Å². The summed E-state index contributed by atoms with van der Waals surface area (Å²) < 4.78 is 15.9. The van der Waals surface area contributed by atoms with Gasteiger partial charge in [0.1, 0.15) is 11.4 Å². The lowest BCUT2D eigenvalue weighted by molar-refractivity contribution is -0.129. The highest BCUT2D eigenvalue weighted by Crippen LogP contribution is 2.25. The summed E-state index contributed by atoms with van der Waals surface area (Å²) >= 11 is 0. The second kappa shape index (κ2) is 6.59. The van der Waals surface area contributed by atoms with Crippen molar-refractivity contribution in [2.45, 2.75) is 20.8 Å². The summed E-state index contributed by atoms with van der Waals surface area (Å²) in [5.74, 6) is -1.75. The van der Waals surface area contributed by atoms with Crippen LogP contribution in [-0.2, 0) is 9.59 Å². The fraction of sp³-hybridized carbons (Fsp3) is 0.211. The molecule has 2 heterocycles. The van der Waals surface area contributed by atoms with E-state index < -0.39 is 17.8 Å². The molecule has 0 saturated carbocycles. The van der Waals surface area contributed by atoms with Crippen molar-refractivity contribution in [2.75, 3.05) is 6.54 Å². The third-order valence-corrected chi connectivity index (χ3v) is 4.37. The third-order valence-electron chi connectivity index (χ3n) is 4.37. The predicted molar refractivity (Wildman–Crippen MR) is 94.1 cm³/mol.